The Bertz CT molecular complexity index is 1400. The Hall–Kier alpha value is -4.19. The molecule has 1 aliphatic rings. The number of anilines is 2. The molecule has 0 bridgehead atoms. The Morgan fingerprint density at radius 2 is 1.62 bits per heavy atom. The zero-order valence-corrected chi connectivity index (χ0v) is 18.7. The molecule has 0 fully saturated rings. The predicted octanol–water partition coefficient (Wildman–Crippen LogP) is 4.46. The van der Waals surface area contributed by atoms with E-state index in [1.165, 1.54) is 48.5 Å². The quantitative estimate of drug-likeness (QED) is 0.414. The van der Waals surface area contributed by atoms with E-state index in [1.54, 1.807) is 12.1 Å². The number of nitriles is 1. The molecule has 1 aliphatic heterocycles. The van der Waals surface area contributed by atoms with Crippen molar-refractivity contribution in [1.82, 2.24) is 0 Å². The maximum Gasteiger partial charge on any atom is 0.338 e. The molecule has 1 N–H and O–H groups in total. The van der Waals surface area contributed by atoms with Gasteiger partial charge in [0.05, 0.1) is 44.1 Å². The van der Waals surface area contributed by atoms with E-state index < -0.39 is 30.3 Å². The molecule has 168 valence electrons. The van der Waals surface area contributed by atoms with Crippen LogP contribution in [-0.2, 0) is 9.53 Å². The molecule has 1 heterocycles. The minimum atomic E-state index is -0.842. The number of benzene rings is 3. The second-order valence-corrected chi connectivity index (χ2v) is 7.93. The van der Waals surface area contributed by atoms with Crippen molar-refractivity contribution in [3.05, 3.63) is 93.0 Å². The number of imide groups is 1. The number of halogens is 2. The molecular formula is C24H13Cl2N3O5. The van der Waals surface area contributed by atoms with Gasteiger partial charge in [-0.25, -0.2) is 9.69 Å². The van der Waals surface area contributed by atoms with Crippen molar-refractivity contribution in [2.24, 2.45) is 0 Å². The maximum absolute atomic E-state index is 12.9. The van der Waals surface area contributed by atoms with Gasteiger partial charge in [0.25, 0.3) is 17.7 Å². The summed E-state index contributed by atoms with van der Waals surface area (Å²) in [5.74, 6) is -2.63. The number of nitrogens with zero attached hydrogens (tertiary/aromatic N) is 2. The van der Waals surface area contributed by atoms with E-state index in [4.69, 9.17) is 33.2 Å². The first-order valence-electron chi connectivity index (χ1n) is 9.73. The van der Waals surface area contributed by atoms with Gasteiger partial charge in [-0.05, 0) is 60.7 Å². The predicted molar refractivity (Wildman–Crippen MR) is 124 cm³/mol. The van der Waals surface area contributed by atoms with Gasteiger partial charge in [0.2, 0.25) is 0 Å². The Labute approximate surface area is 203 Å². The number of fused-ring (bicyclic) bond motifs is 1. The van der Waals surface area contributed by atoms with Crippen LogP contribution < -0.4 is 10.2 Å². The Kier molecular flexibility index (Phi) is 6.32. The fourth-order valence-electron chi connectivity index (χ4n) is 3.27. The van der Waals surface area contributed by atoms with E-state index in [2.05, 4.69) is 5.32 Å². The Morgan fingerprint density at radius 3 is 2.29 bits per heavy atom. The molecule has 0 aromatic heterocycles. The van der Waals surface area contributed by atoms with Gasteiger partial charge >= 0.3 is 5.97 Å². The fourth-order valence-corrected chi connectivity index (χ4v) is 3.56. The summed E-state index contributed by atoms with van der Waals surface area (Å²) in [5.41, 5.74) is 1.25. The highest BCUT2D eigenvalue weighted by atomic mass is 35.5. The van der Waals surface area contributed by atoms with Crippen molar-refractivity contribution in [2.75, 3.05) is 16.8 Å². The molecule has 0 unspecified atom stereocenters. The maximum atomic E-state index is 12.9. The molecular weight excluding hydrogens is 481 g/mol. The van der Waals surface area contributed by atoms with Gasteiger partial charge in [-0.2, -0.15) is 5.26 Å². The first kappa shape index (κ1) is 23.0. The van der Waals surface area contributed by atoms with Gasteiger partial charge in [-0.3, -0.25) is 14.4 Å². The van der Waals surface area contributed by atoms with E-state index in [1.807, 2.05) is 6.07 Å². The number of esters is 1. The van der Waals surface area contributed by atoms with E-state index in [0.29, 0.717) is 11.3 Å². The molecule has 3 aromatic carbocycles. The molecule has 0 atom stereocenters. The minimum Gasteiger partial charge on any atom is -0.452 e. The van der Waals surface area contributed by atoms with E-state index in [0.717, 1.165) is 4.90 Å². The first-order chi connectivity index (χ1) is 16.3. The zero-order valence-electron chi connectivity index (χ0n) is 17.2. The lowest BCUT2D eigenvalue weighted by atomic mass is 10.1. The van der Waals surface area contributed by atoms with Crippen LogP contribution in [0.1, 0.15) is 36.6 Å². The lowest BCUT2D eigenvalue weighted by molar-refractivity contribution is -0.119. The molecule has 0 aliphatic carbocycles. The van der Waals surface area contributed by atoms with Crippen LogP contribution in [-0.4, -0.2) is 30.3 Å². The highest BCUT2D eigenvalue weighted by molar-refractivity contribution is 6.42. The average molecular weight is 494 g/mol. The normalized spacial score (nSPS) is 12.2. The molecule has 0 saturated heterocycles. The molecule has 34 heavy (non-hydrogen) atoms. The van der Waals surface area contributed by atoms with Crippen LogP contribution in [0.2, 0.25) is 10.0 Å². The second-order valence-electron chi connectivity index (χ2n) is 7.12. The van der Waals surface area contributed by atoms with Crippen LogP contribution in [0, 0.1) is 11.3 Å². The summed E-state index contributed by atoms with van der Waals surface area (Å²) >= 11 is 11.9. The Morgan fingerprint density at radius 1 is 0.912 bits per heavy atom. The van der Waals surface area contributed by atoms with Crippen LogP contribution in [0.3, 0.4) is 0 Å². The van der Waals surface area contributed by atoms with Crippen LogP contribution in [0.25, 0.3) is 0 Å². The number of carbonyl (C=O) groups is 4. The number of nitrogens with one attached hydrogen (secondary N) is 1. The summed E-state index contributed by atoms with van der Waals surface area (Å²) < 4.78 is 5.02. The third-order valence-electron chi connectivity index (χ3n) is 4.92. The second kappa shape index (κ2) is 9.35. The van der Waals surface area contributed by atoms with Crippen LogP contribution in [0.15, 0.2) is 60.7 Å². The zero-order chi connectivity index (χ0) is 24.4. The smallest absolute Gasteiger partial charge is 0.338 e. The first-order valence-corrected chi connectivity index (χ1v) is 10.5. The van der Waals surface area contributed by atoms with Crippen molar-refractivity contribution >= 4 is 58.3 Å². The summed E-state index contributed by atoms with van der Waals surface area (Å²) in [7, 11) is 0. The number of hydrogen-bond acceptors (Lipinski definition) is 6. The molecule has 8 nitrogen and oxygen atoms in total. The minimum absolute atomic E-state index is 0.00191. The van der Waals surface area contributed by atoms with Gasteiger partial charge < -0.3 is 10.1 Å². The van der Waals surface area contributed by atoms with E-state index in [9.17, 15) is 19.2 Å². The summed E-state index contributed by atoms with van der Waals surface area (Å²) in [6.07, 6.45) is 0. The van der Waals surface area contributed by atoms with Gasteiger partial charge in [0.1, 0.15) is 0 Å². The van der Waals surface area contributed by atoms with Crippen molar-refractivity contribution in [2.45, 2.75) is 0 Å². The number of rotatable bonds is 5. The third kappa shape index (κ3) is 4.48. The fraction of sp³-hybridized carbons (Fsp3) is 0.0417. The van der Waals surface area contributed by atoms with Gasteiger partial charge in [-0.15, -0.1) is 0 Å². The molecule has 10 heteroatoms. The Balaban J connectivity index is 1.44. The van der Waals surface area contributed by atoms with Crippen molar-refractivity contribution < 1.29 is 23.9 Å². The van der Waals surface area contributed by atoms with E-state index in [-0.39, 0.29) is 32.4 Å². The van der Waals surface area contributed by atoms with Gasteiger partial charge in [-0.1, -0.05) is 23.2 Å². The molecule has 0 spiro atoms. The average Bonchev–Trinajstić information content (AvgIpc) is 3.09. The summed E-state index contributed by atoms with van der Waals surface area (Å²) in [6.45, 7) is -0.571. The topological polar surface area (TPSA) is 117 Å². The standard InChI is InChI=1S/C24H13Cl2N3O5/c25-19-8-6-16(10-20(19)26)29-22(31)17-7-3-14(9-18(17)23(29)32)24(33)34-12-21(30)28-15-4-1-13(11-27)2-5-15/h1-10H,12H2,(H,28,30). The number of ether oxygens (including phenoxy) is 1. The van der Waals surface area contributed by atoms with Crippen LogP contribution in [0.5, 0.6) is 0 Å². The number of hydrogen-bond donors (Lipinski definition) is 1. The van der Waals surface area contributed by atoms with Crippen molar-refractivity contribution in [1.29, 1.82) is 5.26 Å². The van der Waals surface area contributed by atoms with E-state index >= 15 is 0 Å². The molecule has 4 rings (SSSR count). The molecule has 3 amide bonds. The summed E-state index contributed by atoms with van der Waals surface area (Å²) in [6, 6.07) is 16.4. The highest BCUT2D eigenvalue weighted by Crippen LogP contribution is 2.33. The van der Waals surface area contributed by atoms with Crippen LogP contribution >= 0.6 is 23.2 Å². The SMILES string of the molecule is N#Cc1ccc(NC(=O)COC(=O)c2ccc3c(c2)C(=O)N(c2ccc(Cl)c(Cl)c2)C3=O)cc1. The highest BCUT2D eigenvalue weighted by Gasteiger charge is 2.37. The monoisotopic (exact) mass is 493 g/mol. The van der Waals surface area contributed by atoms with Gasteiger partial charge in [0.15, 0.2) is 6.61 Å². The lowest BCUT2D eigenvalue weighted by Crippen LogP contribution is -2.29. The van der Waals surface area contributed by atoms with Gasteiger partial charge in [0, 0.05) is 5.69 Å². The summed E-state index contributed by atoms with van der Waals surface area (Å²) in [4.78, 5) is 51.1. The molecule has 0 saturated carbocycles. The number of carbonyl (C=O) groups excluding carboxylic acids is 4. The molecule has 3 aromatic rings. The van der Waals surface area contributed by atoms with Crippen molar-refractivity contribution in [3.63, 3.8) is 0 Å². The van der Waals surface area contributed by atoms with Crippen LogP contribution in [0.4, 0.5) is 11.4 Å². The molecule has 0 radical (unpaired) electrons. The third-order valence-corrected chi connectivity index (χ3v) is 5.65. The number of amides is 3. The van der Waals surface area contributed by atoms with Crippen molar-refractivity contribution in [3.8, 4) is 6.07 Å². The largest absolute Gasteiger partial charge is 0.452 e. The summed E-state index contributed by atoms with van der Waals surface area (Å²) in [5, 5.41) is 11.8. The lowest BCUT2D eigenvalue weighted by Gasteiger charge is -2.14.